The molecule has 182 valence electrons. The summed E-state index contributed by atoms with van der Waals surface area (Å²) in [6, 6.07) is 13.2. The maximum Gasteiger partial charge on any atom is 0.244 e. The predicted molar refractivity (Wildman–Crippen MR) is 135 cm³/mol. The molecular formula is C24H30N4O4S2. The van der Waals surface area contributed by atoms with E-state index in [2.05, 4.69) is 38.8 Å². The molecule has 1 saturated carbocycles. The molecule has 2 aromatic carbocycles. The first-order valence-electron chi connectivity index (χ1n) is 11.5. The van der Waals surface area contributed by atoms with E-state index in [9.17, 15) is 8.42 Å². The fourth-order valence-electron chi connectivity index (χ4n) is 4.65. The number of hydrogen-bond acceptors (Lipinski definition) is 8. The molecule has 8 nitrogen and oxygen atoms in total. The Morgan fingerprint density at radius 2 is 1.85 bits per heavy atom. The van der Waals surface area contributed by atoms with Crippen molar-refractivity contribution in [3.8, 4) is 11.5 Å². The third-order valence-electron chi connectivity index (χ3n) is 6.79. The normalized spacial score (nSPS) is 21.1. The van der Waals surface area contributed by atoms with E-state index in [-0.39, 0.29) is 4.90 Å². The zero-order chi connectivity index (χ0) is 23.7. The highest BCUT2D eigenvalue weighted by atomic mass is 32.2. The summed E-state index contributed by atoms with van der Waals surface area (Å²) in [7, 11) is -0.699. The summed E-state index contributed by atoms with van der Waals surface area (Å²) >= 11 is 1.56. The number of benzene rings is 2. The van der Waals surface area contributed by atoms with Crippen LogP contribution in [-0.2, 0) is 10.0 Å². The molecule has 0 radical (unpaired) electrons. The first kappa shape index (κ1) is 23.3. The van der Waals surface area contributed by atoms with Crippen LogP contribution in [0, 0.1) is 11.8 Å². The van der Waals surface area contributed by atoms with E-state index in [1.807, 2.05) is 0 Å². The van der Waals surface area contributed by atoms with Gasteiger partial charge in [-0.1, -0.05) is 12.1 Å². The van der Waals surface area contributed by atoms with Crippen LogP contribution in [0.15, 0.2) is 47.4 Å². The third-order valence-corrected chi connectivity index (χ3v) is 9.05. The van der Waals surface area contributed by atoms with Gasteiger partial charge in [-0.25, -0.2) is 13.1 Å². The van der Waals surface area contributed by atoms with Gasteiger partial charge in [0.2, 0.25) is 10.0 Å². The molecule has 0 spiro atoms. The van der Waals surface area contributed by atoms with Crippen molar-refractivity contribution in [2.24, 2.45) is 11.8 Å². The van der Waals surface area contributed by atoms with Crippen LogP contribution in [0.3, 0.4) is 0 Å². The fraction of sp³-hybridized carbons (Fsp3) is 0.458. The van der Waals surface area contributed by atoms with Gasteiger partial charge < -0.3 is 14.4 Å². The molecule has 2 atom stereocenters. The summed E-state index contributed by atoms with van der Waals surface area (Å²) in [5.41, 5.74) is 0. The van der Waals surface area contributed by atoms with Gasteiger partial charge >= 0.3 is 0 Å². The van der Waals surface area contributed by atoms with Crippen molar-refractivity contribution < 1.29 is 17.9 Å². The fourth-order valence-corrected chi connectivity index (χ4v) is 6.72. The minimum atomic E-state index is -3.68. The van der Waals surface area contributed by atoms with Gasteiger partial charge in [0.25, 0.3) is 0 Å². The molecule has 0 unspecified atom stereocenters. The standard InChI is InChI=1S/C24H30N4O4S2/c1-31-19-7-8-21(32-2)23(14-19)34(29,30)25-15-17-13-18(17)16-27-9-11-28(12-10-27)24-20-5-3-4-6-22(20)33-26-24/h3-8,14,17-18,25H,9-13,15-16H2,1-2H3/t17-,18-/m1/s1. The van der Waals surface area contributed by atoms with E-state index < -0.39 is 10.0 Å². The molecule has 2 aliphatic rings. The Kier molecular flexibility index (Phi) is 6.65. The number of ether oxygens (including phenoxy) is 2. The number of hydrogen-bond donors (Lipinski definition) is 1. The Balaban J connectivity index is 1.11. The van der Waals surface area contributed by atoms with Gasteiger partial charge in [-0.05, 0) is 54.1 Å². The van der Waals surface area contributed by atoms with Crippen LogP contribution >= 0.6 is 11.5 Å². The van der Waals surface area contributed by atoms with Crippen LogP contribution in [0.1, 0.15) is 6.42 Å². The van der Waals surface area contributed by atoms with Crippen LogP contribution in [0.25, 0.3) is 10.1 Å². The number of aromatic nitrogens is 1. The Morgan fingerprint density at radius 1 is 1.06 bits per heavy atom. The van der Waals surface area contributed by atoms with Crippen molar-refractivity contribution in [1.82, 2.24) is 14.0 Å². The second-order valence-electron chi connectivity index (χ2n) is 8.91. The maximum absolute atomic E-state index is 12.9. The molecule has 10 heteroatoms. The summed E-state index contributed by atoms with van der Waals surface area (Å²) in [5.74, 6) is 2.79. The molecule has 1 saturated heterocycles. The van der Waals surface area contributed by atoms with Crippen LogP contribution in [-0.4, -0.2) is 71.2 Å². The lowest BCUT2D eigenvalue weighted by molar-refractivity contribution is 0.243. The average Bonchev–Trinajstić information content (AvgIpc) is 3.47. The van der Waals surface area contributed by atoms with Crippen LogP contribution in [0.2, 0.25) is 0 Å². The summed E-state index contributed by atoms with van der Waals surface area (Å²) < 4.78 is 44.9. The van der Waals surface area contributed by atoms with Crippen LogP contribution in [0.4, 0.5) is 5.82 Å². The van der Waals surface area contributed by atoms with Gasteiger partial charge in [-0.3, -0.25) is 4.90 Å². The molecule has 34 heavy (non-hydrogen) atoms. The summed E-state index contributed by atoms with van der Waals surface area (Å²) in [6.45, 7) is 5.39. The van der Waals surface area contributed by atoms with Crippen LogP contribution in [0.5, 0.6) is 11.5 Å². The lowest BCUT2D eigenvalue weighted by atomic mass is 10.2. The van der Waals surface area contributed by atoms with Gasteiger partial charge in [-0.2, -0.15) is 4.37 Å². The van der Waals surface area contributed by atoms with E-state index in [4.69, 9.17) is 13.8 Å². The van der Waals surface area contributed by atoms with E-state index in [0.717, 1.165) is 45.0 Å². The molecular weight excluding hydrogens is 472 g/mol. The molecule has 1 aromatic heterocycles. The SMILES string of the molecule is COc1ccc(OC)c(S(=O)(=O)NC[C@H]2C[C@@H]2CN2CCN(c3nsc4ccccc34)CC2)c1. The monoisotopic (exact) mass is 502 g/mol. The van der Waals surface area contributed by atoms with Gasteiger partial charge in [0, 0.05) is 50.7 Å². The third kappa shape index (κ3) is 4.86. The molecule has 0 amide bonds. The highest BCUT2D eigenvalue weighted by molar-refractivity contribution is 7.89. The van der Waals surface area contributed by atoms with E-state index in [0.29, 0.717) is 29.9 Å². The van der Waals surface area contributed by atoms with Gasteiger partial charge in [0.1, 0.15) is 22.2 Å². The zero-order valence-corrected chi connectivity index (χ0v) is 21.1. The number of anilines is 1. The second kappa shape index (κ2) is 9.69. The lowest BCUT2D eigenvalue weighted by Crippen LogP contribution is -2.47. The molecule has 2 heterocycles. The van der Waals surface area contributed by atoms with Crippen molar-refractivity contribution in [3.63, 3.8) is 0 Å². The first-order valence-corrected chi connectivity index (χ1v) is 13.8. The number of rotatable bonds is 9. The van der Waals surface area contributed by atoms with Crippen LogP contribution < -0.4 is 19.1 Å². The highest BCUT2D eigenvalue weighted by Gasteiger charge is 2.39. The molecule has 1 aliphatic heterocycles. The molecule has 1 aliphatic carbocycles. The predicted octanol–water partition coefficient (Wildman–Crippen LogP) is 3.05. The molecule has 5 rings (SSSR count). The zero-order valence-electron chi connectivity index (χ0n) is 19.4. The number of methoxy groups -OCH3 is 2. The first-order chi connectivity index (χ1) is 16.5. The van der Waals surface area contributed by atoms with E-state index in [1.54, 1.807) is 23.7 Å². The quantitative estimate of drug-likeness (QED) is 0.481. The Morgan fingerprint density at radius 3 is 2.62 bits per heavy atom. The second-order valence-corrected chi connectivity index (χ2v) is 11.5. The van der Waals surface area contributed by atoms with Crippen molar-refractivity contribution in [2.75, 3.05) is 58.4 Å². The minimum Gasteiger partial charge on any atom is -0.497 e. The van der Waals surface area contributed by atoms with Crippen molar-refractivity contribution in [3.05, 3.63) is 42.5 Å². The number of fused-ring (bicyclic) bond motifs is 1. The number of nitrogens with zero attached hydrogens (tertiary/aromatic N) is 3. The summed E-state index contributed by atoms with van der Waals surface area (Å²) in [4.78, 5) is 4.99. The summed E-state index contributed by atoms with van der Waals surface area (Å²) in [5, 5.41) is 1.24. The molecule has 3 aromatic rings. The van der Waals surface area contributed by atoms with Crippen molar-refractivity contribution in [1.29, 1.82) is 0 Å². The Hall–Kier alpha value is -2.40. The van der Waals surface area contributed by atoms with Gasteiger partial charge in [0.15, 0.2) is 0 Å². The molecule has 1 N–H and O–H groups in total. The smallest absolute Gasteiger partial charge is 0.244 e. The minimum absolute atomic E-state index is 0.109. The number of nitrogens with one attached hydrogen (secondary N) is 1. The summed E-state index contributed by atoms with van der Waals surface area (Å²) in [6.07, 6.45) is 1.05. The van der Waals surface area contributed by atoms with Gasteiger partial charge in [0.05, 0.1) is 18.9 Å². The van der Waals surface area contributed by atoms with Crippen molar-refractivity contribution in [2.45, 2.75) is 11.3 Å². The van der Waals surface area contributed by atoms with E-state index in [1.165, 1.54) is 30.4 Å². The highest BCUT2D eigenvalue weighted by Crippen LogP contribution is 2.39. The van der Waals surface area contributed by atoms with Gasteiger partial charge in [-0.15, -0.1) is 0 Å². The Bertz CT molecular complexity index is 1250. The largest absolute Gasteiger partial charge is 0.497 e. The number of sulfonamides is 1. The lowest BCUT2D eigenvalue weighted by Gasteiger charge is -2.35. The van der Waals surface area contributed by atoms with Crippen molar-refractivity contribution >= 4 is 37.5 Å². The average molecular weight is 503 g/mol. The molecule has 0 bridgehead atoms. The maximum atomic E-state index is 12.9. The Labute approximate surface area is 204 Å². The number of piperazine rings is 1. The van der Waals surface area contributed by atoms with E-state index >= 15 is 0 Å². The molecule has 2 fully saturated rings. The topological polar surface area (TPSA) is 84.0 Å².